The average molecular weight is 352 g/mol. The first-order valence-corrected chi connectivity index (χ1v) is 7.70. The Kier molecular flexibility index (Phi) is 23.8. The van der Waals surface area contributed by atoms with Gasteiger partial charge in [-0.3, -0.25) is 9.59 Å². The highest BCUT2D eigenvalue weighted by Gasteiger charge is 2.13. The van der Waals surface area contributed by atoms with Crippen molar-refractivity contribution in [3.05, 3.63) is 0 Å². The van der Waals surface area contributed by atoms with Crippen LogP contribution in [-0.4, -0.2) is 42.6 Å². The topological polar surface area (TPSA) is 144 Å². The van der Waals surface area contributed by atoms with Gasteiger partial charge in [0.25, 0.3) is 0 Å². The lowest BCUT2D eigenvalue weighted by atomic mass is 10.1. The molecule has 0 bridgehead atoms. The number of carbonyl (C=O) groups is 2. The van der Waals surface area contributed by atoms with Crippen molar-refractivity contribution in [3.8, 4) is 0 Å². The van der Waals surface area contributed by atoms with Gasteiger partial charge in [-0.1, -0.05) is 28.2 Å². The molecule has 0 saturated heterocycles. The summed E-state index contributed by atoms with van der Waals surface area (Å²) in [5.41, 5.74) is 0. The highest BCUT2D eigenvalue weighted by Crippen LogP contribution is 2.03. The smallest absolute Gasteiger partial charge is 0.306 e. The summed E-state index contributed by atoms with van der Waals surface area (Å²) in [6.45, 7) is 5.05. The van der Waals surface area contributed by atoms with Crippen molar-refractivity contribution in [1.29, 1.82) is 0 Å². The minimum Gasteiger partial charge on any atom is -0.481 e. The highest BCUT2D eigenvalue weighted by atomic mass is 35.5. The molecule has 0 fully saturated rings. The molecule has 2 atom stereocenters. The van der Waals surface area contributed by atoms with E-state index in [0.717, 1.165) is 12.7 Å². The van der Waals surface area contributed by atoms with E-state index in [1.807, 2.05) is 6.92 Å². The van der Waals surface area contributed by atoms with Crippen molar-refractivity contribution in [3.63, 3.8) is 0 Å². The van der Waals surface area contributed by atoms with Gasteiger partial charge in [0, 0.05) is 6.26 Å². The van der Waals surface area contributed by atoms with E-state index in [9.17, 15) is 18.0 Å². The quantitative estimate of drug-likeness (QED) is 0.666. The average Bonchev–Trinajstić information content (AvgIpc) is 2.24. The number of aliphatic carboxylic acids is 2. The van der Waals surface area contributed by atoms with E-state index in [0.29, 0.717) is 0 Å². The summed E-state index contributed by atoms with van der Waals surface area (Å²) in [4.78, 5) is 20.2. The molecule has 5 N–H and O–H groups in total. The summed E-state index contributed by atoms with van der Waals surface area (Å²) in [5, 5.41) is 16.6. The zero-order valence-corrected chi connectivity index (χ0v) is 14.0. The second-order valence-electron chi connectivity index (χ2n) is 4.31. The molecule has 2 unspecified atom stereocenters. The molecule has 0 rings (SSSR count). The predicted octanol–water partition coefficient (Wildman–Crippen LogP) is 2.48. The van der Waals surface area contributed by atoms with Gasteiger partial charge < -0.3 is 16.4 Å². The van der Waals surface area contributed by atoms with Crippen molar-refractivity contribution in [2.45, 2.75) is 41.0 Å². The number of halogens is 1. The van der Waals surface area contributed by atoms with Crippen molar-refractivity contribution < 1.29 is 28.2 Å². The van der Waals surface area contributed by atoms with E-state index < -0.39 is 27.7 Å². The van der Waals surface area contributed by atoms with Gasteiger partial charge >= 0.3 is 11.9 Å². The van der Waals surface area contributed by atoms with E-state index in [-0.39, 0.29) is 44.1 Å². The van der Waals surface area contributed by atoms with Crippen LogP contribution in [0.3, 0.4) is 0 Å². The van der Waals surface area contributed by atoms with Crippen LogP contribution in [0.1, 0.15) is 41.0 Å². The maximum atomic E-state index is 10.6. The summed E-state index contributed by atoms with van der Waals surface area (Å²) in [6.07, 6.45) is 2.01. The Bertz CT molecular complexity index is 372. The van der Waals surface area contributed by atoms with Gasteiger partial charge in [0.15, 0.2) is 0 Å². The fourth-order valence-electron chi connectivity index (χ4n) is 0.689. The number of carboxylic acids is 2. The van der Waals surface area contributed by atoms with Gasteiger partial charge in [-0.05, 0) is 12.8 Å². The lowest BCUT2D eigenvalue weighted by molar-refractivity contribution is -0.142. The summed E-state index contributed by atoms with van der Waals surface area (Å²) < 4.78 is 21.1. The number of hydrogen-bond donors (Lipinski definition) is 3. The Balaban J connectivity index is -0.0000000762. The molecule has 0 aromatic rings. The van der Waals surface area contributed by atoms with E-state index in [2.05, 4.69) is 0 Å². The van der Waals surface area contributed by atoms with Crippen LogP contribution in [0, 0.1) is 11.8 Å². The Labute approximate surface area is 134 Å². The van der Waals surface area contributed by atoms with E-state index in [1.165, 1.54) is 6.92 Å². The van der Waals surface area contributed by atoms with Crippen LogP contribution < -0.4 is 6.15 Å². The molecule has 0 aromatic heterocycles. The van der Waals surface area contributed by atoms with Crippen LogP contribution in [0.4, 0.5) is 0 Å². The molecule has 132 valence electrons. The van der Waals surface area contributed by atoms with Crippen LogP contribution in [-0.2, 0) is 19.4 Å². The minimum absolute atomic E-state index is 0. The third kappa shape index (κ3) is 24.5. The molecule has 0 heterocycles. The largest absolute Gasteiger partial charge is 0.481 e. The van der Waals surface area contributed by atoms with E-state index in [1.54, 1.807) is 6.92 Å². The summed E-state index contributed by atoms with van der Waals surface area (Å²) in [5.74, 6) is -2.47. The van der Waals surface area contributed by atoms with Crippen LogP contribution in [0.2, 0.25) is 0 Å². The number of hydrogen-bond acceptors (Lipinski definition) is 5. The molecule has 0 saturated carbocycles. The number of rotatable bonds is 6. The van der Waals surface area contributed by atoms with Gasteiger partial charge in [0.2, 0.25) is 0 Å². The Morgan fingerprint density at radius 3 is 1.52 bits per heavy atom. The fraction of sp³-hybridized carbons (Fsp3) is 0.833. The Morgan fingerprint density at radius 2 is 1.38 bits per heavy atom. The monoisotopic (exact) mass is 351 g/mol. The summed E-state index contributed by atoms with van der Waals surface area (Å²) in [6, 6.07) is 0. The normalized spacial score (nSPS) is 12.0. The van der Waals surface area contributed by atoms with Crippen molar-refractivity contribution >= 4 is 34.2 Å². The van der Waals surface area contributed by atoms with E-state index >= 15 is 0 Å². The third-order valence-corrected chi connectivity index (χ3v) is 3.35. The minimum atomic E-state index is -3.02. The Hall–Kier alpha value is -0.860. The van der Waals surface area contributed by atoms with Crippen molar-refractivity contribution in [2.24, 2.45) is 11.8 Å². The molecular formula is C12H30ClNO6S. The first-order valence-electron chi connectivity index (χ1n) is 5.64. The second kappa shape index (κ2) is 15.5. The van der Waals surface area contributed by atoms with E-state index in [4.69, 9.17) is 10.2 Å². The molecule has 9 heteroatoms. The third-order valence-electron chi connectivity index (χ3n) is 2.38. The molecule has 0 amide bonds. The molecule has 21 heavy (non-hydrogen) atoms. The lowest BCUT2D eigenvalue weighted by Gasteiger charge is -2.02. The molecule has 0 radical (unpaired) electrons. The number of carboxylic acid groups (broad SMARTS) is 2. The van der Waals surface area contributed by atoms with Crippen molar-refractivity contribution in [2.75, 3.05) is 12.0 Å². The molecule has 7 nitrogen and oxygen atoms in total. The van der Waals surface area contributed by atoms with Gasteiger partial charge in [0.1, 0.15) is 9.84 Å². The molecule has 0 aromatic carbocycles. The highest BCUT2D eigenvalue weighted by molar-refractivity contribution is 7.90. The zero-order chi connectivity index (χ0) is 14.9. The van der Waals surface area contributed by atoms with Gasteiger partial charge in [0.05, 0.1) is 17.6 Å². The van der Waals surface area contributed by atoms with Gasteiger partial charge in [-0.15, -0.1) is 12.4 Å². The maximum Gasteiger partial charge on any atom is 0.306 e. The van der Waals surface area contributed by atoms with Crippen LogP contribution >= 0.6 is 12.4 Å². The van der Waals surface area contributed by atoms with Crippen LogP contribution in [0.25, 0.3) is 0 Å². The first-order chi connectivity index (χ1) is 8.01. The van der Waals surface area contributed by atoms with Gasteiger partial charge in [-0.2, -0.15) is 0 Å². The molecule has 0 aliphatic rings. The second-order valence-corrected chi connectivity index (χ2v) is 6.57. The van der Waals surface area contributed by atoms with Crippen LogP contribution in [0.5, 0.6) is 0 Å². The standard InChI is InChI=1S/C6H12O4S.C5H10O2.CH4.ClH.H3N/c1-5(6(7)8)3-4-11(2,9)10;1-3-4(2)5(6)7;;;/h5H,3-4H2,1-2H3,(H,7,8);4H,3H2,1-2H3,(H,6,7);1H4;1H;1H3. The SMILES string of the molecule is C.CC(CCS(C)(=O)=O)C(=O)O.CCC(C)C(=O)O.Cl.N. The molecular weight excluding hydrogens is 322 g/mol. The Morgan fingerprint density at radius 1 is 1.05 bits per heavy atom. The molecule has 0 spiro atoms. The molecule has 0 aliphatic carbocycles. The van der Waals surface area contributed by atoms with Gasteiger partial charge in [-0.25, -0.2) is 8.42 Å². The summed E-state index contributed by atoms with van der Waals surface area (Å²) in [7, 11) is -3.02. The van der Waals surface area contributed by atoms with Crippen molar-refractivity contribution in [1.82, 2.24) is 6.15 Å². The summed E-state index contributed by atoms with van der Waals surface area (Å²) >= 11 is 0. The zero-order valence-electron chi connectivity index (χ0n) is 12.3. The maximum absolute atomic E-state index is 10.6. The lowest BCUT2D eigenvalue weighted by Crippen LogP contribution is -2.14. The first kappa shape index (κ1) is 32.2. The fourth-order valence-corrected chi connectivity index (χ4v) is 1.47. The number of sulfone groups is 1. The molecule has 0 aliphatic heterocycles. The predicted molar refractivity (Wildman–Crippen MR) is 87.2 cm³/mol. The van der Waals surface area contributed by atoms with Crippen LogP contribution in [0.15, 0.2) is 0 Å².